The molecule has 1 N–H and O–H groups in total. The second-order valence-corrected chi connectivity index (χ2v) is 7.64. The highest BCUT2D eigenvalue weighted by molar-refractivity contribution is 5.80. The third kappa shape index (κ3) is 5.46. The van der Waals surface area contributed by atoms with Gasteiger partial charge in [-0.3, -0.25) is 4.99 Å². The molecule has 1 saturated heterocycles. The number of guanidine groups is 1. The lowest BCUT2D eigenvalue weighted by Crippen LogP contribution is -2.48. The summed E-state index contributed by atoms with van der Waals surface area (Å²) in [7, 11) is 4.89. The van der Waals surface area contributed by atoms with Crippen molar-refractivity contribution in [1.82, 2.24) is 10.2 Å². The summed E-state index contributed by atoms with van der Waals surface area (Å²) in [5.41, 5.74) is 3.52. The van der Waals surface area contributed by atoms with Gasteiger partial charge in [0.2, 0.25) is 5.75 Å². The van der Waals surface area contributed by atoms with E-state index in [1.807, 2.05) is 12.1 Å². The Morgan fingerprint density at radius 1 is 1.09 bits per heavy atom. The molecule has 0 saturated carbocycles. The maximum atomic E-state index is 6.09. The zero-order valence-electron chi connectivity index (χ0n) is 19.8. The molecule has 32 heavy (non-hydrogen) atoms. The number of methoxy groups -OCH3 is 3. The monoisotopic (exact) mass is 441 g/mol. The van der Waals surface area contributed by atoms with Crippen molar-refractivity contribution in [2.75, 3.05) is 54.1 Å². The Kier molecular flexibility index (Phi) is 8.62. The van der Waals surface area contributed by atoms with Crippen molar-refractivity contribution in [3.8, 4) is 17.2 Å². The minimum Gasteiger partial charge on any atom is -0.493 e. The van der Waals surface area contributed by atoms with Gasteiger partial charge in [-0.05, 0) is 37.5 Å². The van der Waals surface area contributed by atoms with E-state index in [1.165, 1.54) is 11.1 Å². The van der Waals surface area contributed by atoms with Crippen LogP contribution < -0.4 is 19.5 Å². The number of benzene rings is 2. The highest BCUT2D eigenvalue weighted by Crippen LogP contribution is 2.39. The van der Waals surface area contributed by atoms with Crippen LogP contribution >= 0.6 is 0 Å². The van der Waals surface area contributed by atoms with Crippen LogP contribution in [0.1, 0.15) is 29.7 Å². The zero-order chi connectivity index (χ0) is 22.9. The average molecular weight is 442 g/mol. The lowest BCUT2D eigenvalue weighted by molar-refractivity contribution is -0.00832. The molecule has 0 aromatic heterocycles. The summed E-state index contributed by atoms with van der Waals surface area (Å²) in [6, 6.07) is 12.3. The minimum absolute atomic E-state index is 0.0414. The lowest BCUT2D eigenvalue weighted by Gasteiger charge is -2.35. The third-order valence-corrected chi connectivity index (χ3v) is 5.66. The van der Waals surface area contributed by atoms with Gasteiger partial charge < -0.3 is 29.2 Å². The number of hydrogen-bond donors (Lipinski definition) is 1. The molecule has 1 unspecified atom stereocenters. The van der Waals surface area contributed by atoms with Gasteiger partial charge in [-0.15, -0.1) is 0 Å². The number of rotatable bonds is 8. The summed E-state index contributed by atoms with van der Waals surface area (Å²) >= 11 is 0. The molecule has 0 aliphatic carbocycles. The molecule has 2 aromatic rings. The molecule has 2 aromatic carbocycles. The maximum Gasteiger partial charge on any atom is 0.203 e. The van der Waals surface area contributed by atoms with Crippen molar-refractivity contribution >= 4 is 5.96 Å². The minimum atomic E-state index is 0.0414. The van der Waals surface area contributed by atoms with Gasteiger partial charge in [-0.25, -0.2) is 0 Å². The SMILES string of the molecule is CCNC(=NCCc1ccc(OC)c(OC)c1OC)N1CCOC(c2ccccc2C)C1. The van der Waals surface area contributed by atoms with Gasteiger partial charge in [0.1, 0.15) is 6.10 Å². The van der Waals surface area contributed by atoms with E-state index in [4.69, 9.17) is 23.9 Å². The average Bonchev–Trinajstić information content (AvgIpc) is 2.83. The van der Waals surface area contributed by atoms with Crippen LogP contribution in [0.5, 0.6) is 17.2 Å². The summed E-state index contributed by atoms with van der Waals surface area (Å²) in [5, 5.41) is 3.44. The van der Waals surface area contributed by atoms with Crippen LogP contribution in [-0.4, -0.2) is 65.0 Å². The standard InChI is InChI=1S/C25H35N3O4/c1-6-26-25(28-15-16-32-22(17-28)20-10-8-7-9-18(20)2)27-14-13-19-11-12-21(29-3)24(31-5)23(19)30-4/h7-12,22H,6,13-17H2,1-5H3,(H,26,27). The highest BCUT2D eigenvalue weighted by atomic mass is 16.5. The van der Waals surface area contributed by atoms with Crippen molar-refractivity contribution in [3.05, 3.63) is 53.1 Å². The molecule has 0 spiro atoms. The Labute approximate surface area is 191 Å². The normalized spacial score (nSPS) is 16.6. The molecule has 1 fully saturated rings. The number of aryl methyl sites for hydroxylation is 1. The molecule has 7 heteroatoms. The van der Waals surface area contributed by atoms with Gasteiger partial charge in [0.15, 0.2) is 17.5 Å². The van der Waals surface area contributed by atoms with Crippen molar-refractivity contribution in [3.63, 3.8) is 0 Å². The molecule has 1 aliphatic rings. The van der Waals surface area contributed by atoms with Gasteiger partial charge in [0.05, 0.1) is 34.5 Å². The Morgan fingerprint density at radius 2 is 1.88 bits per heavy atom. The molecular formula is C25H35N3O4. The molecule has 1 atom stereocenters. The van der Waals surface area contributed by atoms with E-state index >= 15 is 0 Å². The highest BCUT2D eigenvalue weighted by Gasteiger charge is 2.25. The Balaban J connectivity index is 1.73. The zero-order valence-corrected chi connectivity index (χ0v) is 19.8. The predicted octanol–water partition coefficient (Wildman–Crippen LogP) is 3.60. The fourth-order valence-electron chi connectivity index (χ4n) is 4.05. The molecular weight excluding hydrogens is 406 g/mol. The molecule has 0 bridgehead atoms. The molecule has 3 rings (SSSR count). The van der Waals surface area contributed by atoms with Crippen molar-refractivity contribution in [2.45, 2.75) is 26.4 Å². The smallest absolute Gasteiger partial charge is 0.203 e. The number of nitrogens with one attached hydrogen (secondary N) is 1. The van der Waals surface area contributed by atoms with Crippen molar-refractivity contribution < 1.29 is 18.9 Å². The quantitative estimate of drug-likeness (QED) is 0.499. The number of morpholine rings is 1. The van der Waals surface area contributed by atoms with Crippen LogP contribution in [0.3, 0.4) is 0 Å². The molecule has 0 amide bonds. The second kappa shape index (κ2) is 11.6. The van der Waals surface area contributed by atoms with Crippen molar-refractivity contribution in [2.24, 2.45) is 4.99 Å². The van der Waals surface area contributed by atoms with Gasteiger partial charge in [-0.1, -0.05) is 30.3 Å². The van der Waals surface area contributed by atoms with Gasteiger partial charge in [-0.2, -0.15) is 0 Å². The van der Waals surface area contributed by atoms with Gasteiger partial charge in [0.25, 0.3) is 0 Å². The van der Waals surface area contributed by atoms with Crippen LogP contribution in [0.2, 0.25) is 0 Å². The van der Waals surface area contributed by atoms with Crippen LogP contribution in [0, 0.1) is 6.92 Å². The number of nitrogens with zero attached hydrogens (tertiary/aromatic N) is 2. The summed E-state index contributed by atoms with van der Waals surface area (Å²) in [6.45, 7) is 7.92. The van der Waals surface area contributed by atoms with Gasteiger partial charge >= 0.3 is 0 Å². The first-order chi connectivity index (χ1) is 15.6. The second-order valence-electron chi connectivity index (χ2n) is 7.64. The largest absolute Gasteiger partial charge is 0.493 e. The summed E-state index contributed by atoms with van der Waals surface area (Å²) in [5.74, 6) is 2.87. The van der Waals surface area contributed by atoms with E-state index < -0.39 is 0 Å². The number of aliphatic imine (C=N–C) groups is 1. The lowest BCUT2D eigenvalue weighted by atomic mass is 10.0. The van der Waals surface area contributed by atoms with Crippen LogP contribution in [0.15, 0.2) is 41.4 Å². The van der Waals surface area contributed by atoms with E-state index in [9.17, 15) is 0 Å². The summed E-state index contributed by atoms with van der Waals surface area (Å²) < 4.78 is 22.6. The Morgan fingerprint density at radius 3 is 2.56 bits per heavy atom. The summed E-state index contributed by atoms with van der Waals surface area (Å²) in [6.07, 6.45) is 0.768. The van der Waals surface area contributed by atoms with E-state index in [0.717, 1.165) is 37.6 Å². The topological polar surface area (TPSA) is 64.6 Å². The first kappa shape index (κ1) is 23.7. The van der Waals surface area contributed by atoms with Crippen LogP contribution in [0.4, 0.5) is 0 Å². The Bertz CT molecular complexity index is 916. The first-order valence-corrected chi connectivity index (χ1v) is 11.1. The molecule has 1 aliphatic heterocycles. The first-order valence-electron chi connectivity index (χ1n) is 11.1. The van der Waals surface area contributed by atoms with E-state index in [-0.39, 0.29) is 6.10 Å². The van der Waals surface area contributed by atoms with Crippen molar-refractivity contribution in [1.29, 1.82) is 0 Å². The Hall–Kier alpha value is -2.93. The van der Waals surface area contributed by atoms with Crippen LogP contribution in [-0.2, 0) is 11.2 Å². The molecule has 174 valence electrons. The predicted molar refractivity (Wildman–Crippen MR) is 127 cm³/mol. The van der Waals surface area contributed by atoms with Gasteiger partial charge in [0, 0.05) is 25.2 Å². The van der Waals surface area contributed by atoms with E-state index in [1.54, 1.807) is 21.3 Å². The number of hydrogen-bond acceptors (Lipinski definition) is 5. The fourth-order valence-corrected chi connectivity index (χ4v) is 4.05. The number of ether oxygens (including phenoxy) is 4. The summed E-state index contributed by atoms with van der Waals surface area (Å²) in [4.78, 5) is 7.19. The molecule has 1 heterocycles. The van der Waals surface area contributed by atoms with Crippen LogP contribution in [0.25, 0.3) is 0 Å². The molecule has 0 radical (unpaired) electrons. The fraction of sp³-hybridized carbons (Fsp3) is 0.480. The van der Waals surface area contributed by atoms with E-state index in [2.05, 4.69) is 48.3 Å². The molecule has 7 nitrogen and oxygen atoms in total. The third-order valence-electron chi connectivity index (χ3n) is 5.66. The maximum absolute atomic E-state index is 6.09. The van der Waals surface area contributed by atoms with E-state index in [0.29, 0.717) is 30.4 Å².